The minimum atomic E-state index is -0.760. The molecule has 0 amide bonds. The summed E-state index contributed by atoms with van der Waals surface area (Å²) in [5.74, 6) is 0.0148. The van der Waals surface area contributed by atoms with Crippen LogP contribution in [0, 0.1) is 0 Å². The van der Waals surface area contributed by atoms with Gasteiger partial charge in [-0.25, -0.2) is 0 Å². The van der Waals surface area contributed by atoms with E-state index in [0.29, 0.717) is 22.3 Å². The van der Waals surface area contributed by atoms with Crippen LogP contribution in [0.15, 0.2) is 41.2 Å². The smallest absolute Gasteiger partial charge is 0.305 e. The van der Waals surface area contributed by atoms with Crippen LogP contribution in [0.5, 0.6) is 5.75 Å². The van der Waals surface area contributed by atoms with Gasteiger partial charge < -0.3 is 30.6 Å². The zero-order chi connectivity index (χ0) is 21.3. The summed E-state index contributed by atoms with van der Waals surface area (Å²) in [7, 11) is 1.70. The van der Waals surface area contributed by atoms with E-state index in [1.807, 2.05) is 0 Å². The van der Waals surface area contributed by atoms with Crippen molar-refractivity contribution < 1.29 is 14.9 Å². The van der Waals surface area contributed by atoms with Crippen LogP contribution in [0.4, 0.5) is 0 Å². The molecule has 2 aromatic carbocycles. The highest BCUT2D eigenvalue weighted by atomic mass is 32.1. The van der Waals surface area contributed by atoms with Gasteiger partial charge in [-0.1, -0.05) is 41.7 Å². The Kier molecular flexibility index (Phi) is 8.41. The molecule has 0 aliphatic heterocycles. The maximum atomic E-state index is 11.6. The average Bonchev–Trinajstić information content (AvgIpc) is 3.14. The first-order valence-corrected chi connectivity index (χ1v) is 10.9. The third-order valence-electron chi connectivity index (χ3n) is 4.94. The first-order valence-electron chi connectivity index (χ1n) is 10.1. The van der Waals surface area contributed by atoms with Crippen LogP contribution in [0.2, 0.25) is 0 Å². The standard InChI is InChI=1S/C22H29N3O4S/c1-29-12-11-23-9-7-15-3-2-4-16(13-15)8-10-24-14-19(27)17-5-6-18(26)20-21(17)30-22(28)25-20/h2-6,13,19,23-24,26-27H,7-12,14H2,1H3,(H,25,28)/t19-/m0/s1. The molecule has 3 rings (SSSR count). The quantitative estimate of drug-likeness (QED) is 0.281. The van der Waals surface area contributed by atoms with E-state index in [1.165, 1.54) is 17.2 Å². The lowest BCUT2D eigenvalue weighted by molar-refractivity contribution is 0.176. The van der Waals surface area contributed by atoms with Gasteiger partial charge in [0.2, 0.25) is 0 Å². The first-order chi connectivity index (χ1) is 14.6. The van der Waals surface area contributed by atoms with Crippen molar-refractivity contribution in [2.24, 2.45) is 0 Å². The van der Waals surface area contributed by atoms with E-state index in [-0.39, 0.29) is 10.6 Å². The van der Waals surface area contributed by atoms with Gasteiger partial charge in [-0.3, -0.25) is 4.79 Å². The SMILES string of the molecule is COCCNCCc1cccc(CCNC[C@H](O)c2ccc(O)c3[nH]c(=O)sc23)c1. The van der Waals surface area contributed by atoms with Gasteiger partial charge in [0.1, 0.15) is 11.3 Å². The minimum Gasteiger partial charge on any atom is -0.506 e. The number of aliphatic hydroxyl groups excluding tert-OH is 1. The van der Waals surface area contributed by atoms with Crippen molar-refractivity contribution in [2.75, 3.05) is 39.9 Å². The number of benzene rings is 2. The topological polar surface area (TPSA) is 107 Å². The van der Waals surface area contributed by atoms with E-state index in [1.54, 1.807) is 13.2 Å². The molecule has 7 nitrogen and oxygen atoms in total. The Hall–Kier alpha value is -2.23. The third-order valence-corrected chi connectivity index (χ3v) is 5.87. The molecule has 0 saturated carbocycles. The number of aromatic nitrogens is 1. The predicted octanol–water partition coefficient (Wildman–Crippen LogP) is 1.94. The minimum absolute atomic E-state index is 0.0148. The van der Waals surface area contributed by atoms with E-state index in [0.717, 1.165) is 50.4 Å². The fraction of sp³-hybridized carbons (Fsp3) is 0.409. The number of aliphatic hydroxyl groups is 1. The molecule has 1 aromatic heterocycles. The lowest BCUT2D eigenvalue weighted by atomic mass is 10.1. The molecule has 0 fully saturated rings. The normalized spacial score (nSPS) is 12.5. The molecule has 8 heteroatoms. The fourth-order valence-electron chi connectivity index (χ4n) is 3.36. The first kappa shape index (κ1) is 22.5. The molecule has 162 valence electrons. The second-order valence-electron chi connectivity index (χ2n) is 7.18. The summed E-state index contributed by atoms with van der Waals surface area (Å²) >= 11 is 0.999. The number of aromatic hydroxyl groups is 1. The number of hydrogen-bond acceptors (Lipinski definition) is 7. The molecule has 1 atom stereocenters. The van der Waals surface area contributed by atoms with Crippen molar-refractivity contribution in [2.45, 2.75) is 18.9 Å². The number of H-pyrrole nitrogens is 1. The number of thiazole rings is 1. The summed E-state index contributed by atoms with van der Waals surface area (Å²) in [6.07, 6.45) is 1.07. The Bertz CT molecular complexity index is 1000. The summed E-state index contributed by atoms with van der Waals surface area (Å²) in [6.45, 7) is 3.60. The van der Waals surface area contributed by atoms with Crippen molar-refractivity contribution in [1.82, 2.24) is 15.6 Å². The van der Waals surface area contributed by atoms with E-state index < -0.39 is 6.10 Å². The van der Waals surface area contributed by atoms with Gasteiger partial charge >= 0.3 is 4.87 Å². The molecular weight excluding hydrogens is 402 g/mol. The maximum Gasteiger partial charge on any atom is 0.305 e. The van der Waals surface area contributed by atoms with Crippen molar-refractivity contribution in [1.29, 1.82) is 0 Å². The van der Waals surface area contributed by atoms with Crippen LogP contribution in [0.3, 0.4) is 0 Å². The van der Waals surface area contributed by atoms with Crippen LogP contribution in [-0.4, -0.2) is 55.1 Å². The molecule has 0 aliphatic carbocycles. The molecule has 5 N–H and O–H groups in total. The highest BCUT2D eigenvalue weighted by Gasteiger charge is 2.15. The van der Waals surface area contributed by atoms with Gasteiger partial charge in [0.15, 0.2) is 0 Å². The number of fused-ring (bicyclic) bond motifs is 1. The van der Waals surface area contributed by atoms with Crippen LogP contribution in [0.25, 0.3) is 10.2 Å². The van der Waals surface area contributed by atoms with Crippen LogP contribution in [-0.2, 0) is 17.6 Å². The largest absolute Gasteiger partial charge is 0.506 e. The van der Waals surface area contributed by atoms with Crippen LogP contribution in [0.1, 0.15) is 22.8 Å². The monoisotopic (exact) mass is 431 g/mol. The van der Waals surface area contributed by atoms with Crippen LogP contribution < -0.4 is 15.5 Å². The predicted molar refractivity (Wildman–Crippen MR) is 121 cm³/mol. The second-order valence-corrected chi connectivity index (χ2v) is 8.16. The highest BCUT2D eigenvalue weighted by Crippen LogP contribution is 2.31. The molecule has 0 saturated heterocycles. The Labute approximate surface area is 179 Å². The molecular formula is C22H29N3O4S. The lowest BCUT2D eigenvalue weighted by Gasteiger charge is -2.13. The zero-order valence-corrected chi connectivity index (χ0v) is 17.9. The third kappa shape index (κ3) is 6.13. The number of phenols is 1. The Morgan fingerprint density at radius 2 is 1.83 bits per heavy atom. The van der Waals surface area contributed by atoms with Crippen molar-refractivity contribution >= 4 is 21.6 Å². The number of rotatable bonds is 12. The molecule has 30 heavy (non-hydrogen) atoms. The Morgan fingerprint density at radius 3 is 2.57 bits per heavy atom. The van der Waals surface area contributed by atoms with Crippen molar-refractivity contribution in [3.8, 4) is 5.75 Å². The molecule has 1 heterocycles. The molecule has 3 aromatic rings. The number of methoxy groups -OCH3 is 1. The van der Waals surface area contributed by atoms with E-state index in [4.69, 9.17) is 4.74 Å². The van der Waals surface area contributed by atoms with Gasteiger partial charge in [-0.05, 0) is 43.1 Å². The Morgan fingerprint density at radius 1 is 1.10 bits per heavy atom. The number of ether oxygens (including phenoxy) is 1. The van der Waals surface area contributed by atoms with Crippen molar-refractivity contribution in [3.05, 3.63) is 62.8 Å². The second kappa shape index (κ2) is 11.2. The number of phenolic OH excluding ortho intramolecular Hbond substituents is 1. The number of nitrogens with one attached hydrogen (secondary N) is 3. The van der Waals surface area contributed by atoms with E-state index in [2.05, 4.69) is 39.9 Å². The maximum absolute atomic E-state index is 11.6. The molecule has 0 spiro atoms. The van der Waals surface area contributed by atoms with E-state index in [9.17, 15) is 15.0 Å². The van der Waals surface area contributed by atoms with Gasteiger partial charge in [0.25, 0.3) is 0 Å². The average molecular weight is 432 g/mol. The fourth-order valence-corrected chi connectivity index (χ4v) is 4.27. The van der Waals surface area contributed by atoms with Crippen LogP contribution >= 0.6 is 11.3 Å². The number of aromatic amines is 1. The summed E-state index contributed by atoms with van der Waals surface area (Å²) < 4.78 is 5.63. The molecule has 0 unspecified atom stereocenters. The van der Waals surface area contributed by atoms with Gasteiger partial charge in [0.05, 0.1) is 17.4 Å². The highest BCUT2D eigenvalue weighted by molar-refractivity contribution is 7.16. The van der Waals surface area contributed by atoms with Gasteiger partial charge in [0, 0.05) is 25.8 Å². The molecule has 0 aliphatic rings. The summed E-state index contributed by atoms with van der Waals surface area (Å²) in [4.78, 5) is 14.0. The molecule has 0 radical (unpaired) electrons. The number of hydrogen-bond donors (Lipinski definition) is 5. The van der Waals surface area contributed by atoms with E-state index >= 15 is 0 Å². The Balaban J connectivity index is 1.47. The summed E-state index contributed by atoms with van der Waals surface area (Å²) in [6, 6.07) is 11.7. The zero-order valence-electron chi connectivity index (χ0n) is 17.1. The van der Waals surface area contributed by atoms with Crippen molar-refractivity contribution in [3.63, 3.8) is 0 Å². The van der Waals surface area contributed by atoms with Gasteiger partial charge in [-0.2, -0.15) is 0 Å². The molecule has 0 bridgehead atoms. The lowest BCUT2D eigenvalue weighted by Crippen LogP contribution is -2.24. The van der Waals surface area contributed by atoms with Gasteiger partial charge in [-0.15, -0.1) is 0 Å². The summed E-state index contributed by atoms with van der Waals surface area (Å²) in [5, 5.41) is 27.1. The summed E-state index contributed by atoms with van der Waals surface area (Å²) in [5.41, 5.74) is 3.57.